The number of hydrogen-bond acceptors (Lipinski definition) is 3. The van der Waals surface area contributed by atoms with Crippen LogP contribution in [0.2, 0.25) is 0 Å². The Bertz CT molecular complexity index is 229. The van der Waals surface area contributed by atoms with Crippen molar-refractivity contribution in [3.05, 3.63) is 12.2 Å². The van der Waals surface area contributed by atoms with E-state index in [0.717, 1.165) is 12.0 Å². The van der Waals surface area contributed by atoms with Crippen molar-refractivity contribution in [1.82, 2.24) is 5.32 Å². The molecule has 3 N–H and O–H groups in total. The molecule has 0 aliphatic heterocycles. The van der Waals surface area contributed by atoms with Gasteiger partial charge in [0.05, 0.1) is 19.3 Å². The molecule has 0 heterocycles. The molecule has 0 aromatic rings. The Labute approximate surface area is 98.2 Å². The normalized spacial score (nSPS) is 14.2. The van der Waals surface area contributed by atoms with Crippen LogP contribution in [-0.4, -0.2) is 31.7 Å². The Hall–Kier alpha value is -0.870. The minimum absolute atomic E-state index is 0.103. The summed E-state index contributed by atoms with van der Waals surface area (Å²) >= 11 is 0. The lowest BCUT2D eigenvalue weighted by molar-refractivity contribution is -0.123. The zero-order chi connectivity index (χ0) is 12.6. The highest BCUT2D eigenvalue weighted by Crippen LogP contribution is 2.04. The molecule has 0 aliphatic rings. The summed E-state index contributed by atoms with van der Waals surface area (Å²) < 4.78 is 5.26. The fourth-order valence-corrected chi connectivity index (χ4v) is 1.12. The van der Waals surface area contributed by atoms with Gasteiger partial charge in [0.1, 0.15) is 0 Å². The smallest absolute Gasteiger partial charge is 0.237 e. The maximum absolute atomic E-state index is 11.5. The molecule has 1 unspecified atom stereocenters. The van der Waals surface area contributed by atoms with E-state index in [-0.39, 0.29) is 11.8 Å². The number of carbonyl (C=O) groups is 1. The summed E-state index contributed by atoms with van der Waals surface area (Å²) in [6, 6.07) is -0.425. The van der Waals surface area contributed by atoms with Crippen molar-refractivity contribution in [3.8, 4) is 0 Å². The molecule has 0 radical (unpaired) electrons. The first-order valence-electron chi connectivity index (χ1n) is 5.74. The quantitative estimate of drug-likeness (QED) is 0.482. The van der Waals surface area contributed by atoms with Gasteiger partial charge in [-0.1, -0.05) is 32.4 Å². The molecule has 4 heteroatoms. The van der Waals surface area contributed by atoms with Crippen molar-refractivity contribution < 1.29 is 9.53 Å². The molecule has 0 aromatic carbocycles. The Balaban J connectivity index is 3.61. The second kappa shape index (κ2) is 8.30. The minimum atomic E-state index is -0.425. The van der Waals surface area contributed by atoms with Gasteiger partial charge >= 0.3 is 0 Å². The van der Waals surface area contributed by atoms with E-state index in [1.54, 1.807) is 0 Å². The molecule has 0 spiro atoms. The molecule has 0 aromatic heterocycles. The maximum atomic E-state index is 11.5. The lowest BCUT2D eigenvalue weighted by atomic mass is 9.99. The largest absolute Gasteiger partial charge is 0.375 e. The number of amides is 1. The maximum Gasteiger partial charge on any atom is 0.237 e. The lowest BCUT2D eigenvalue weighted by Crippen LogP contribution is -2.45. The van der Waals surface area contributed by atoms with Crippen LogP contribution in [0.15, 0.2) is 12.2 Å². The van der Waals surface area contributed by atoms with Gasteiger partial charge in [0.2, 0.25) is 5.91 Å². The third-order valence-corrected chi connectivity index (χ3v) is 2.45. The summed E-state index contributed by atoms with van der Waals surface area (Å²) in [5, 5.41) is 2.75. The molecular weight excluding hydrogens is 204 g/mol. The molecule has 16 heavy (non-hydrogen) atoms. The van der Waals surface area contributed by atoms with Crippen molar-refractivity contribution in [2.45, 2.75) is 33.2 Å². The van der Waals surface area contributed by atoms with E-state index in [9.17, 15) is 4.79 Å². The van der Waals surface area contributed by atoms with Crippen molar-refractivity contribution >= 4 is 5.91 Å². The van der Waals surface area contributed by atoms with E-state index >= 15 is 0 Å². The van der Waals surface area contributed by atoms with Crippen LogP contribution in [0.4, 0.5) is 0 Å². The summed E-state index contributed by atoms with van der Waals surface area (Å²) in [5.74, 6) is 0.101. The number of hydrogen-bond donors (Lipinski definition) is 2. The molecule has 0 saturated heterocycles. The van der Waals surface area contributed by atoms with Gasteiger partial charge in [-0.25, -0.2) is 0 Å². The molecule has 0 saturated carbocycles. The van der Waals surface area contributed by atoms with E-state index < -0.39 is 6.04 Å². The molecule has 4 nitrogen and oxygen atoms in total. The molecule has 2 atom stereocenters. The predicted octanol–water partition coefficient (Wildman–Crippen LogP) is 1.07. The van der Waals surface area contributed by atoms with Crippen molar-refractivity contribution in [2.75, 3.05) is 19.8 Å². The van der Waals surface area contributed by atoms with Crippen molar-refractivity contribution in [1.29, 1.82) is 0 Å². The van der Waals surface area contributed by atoms with Crippen LogP contribution in [0.3, 0.4) is 0 Å². The van der Waals surface area contributed by atoms with Gasteiger partial charge in [0, 0.05) is 6.54 Å². The highest BCUT2D eigenvalue weighted by molar-refractivity contribution is 5.81. The molecular formula is C12H24N2O2. The van der Waals surface area contributed by atoms with Gasteiger partial charge in [-0.2, -0.15) is 0 Å². The summed E-state index contributed by atoms with van der Waals surface area (Å²) in [6.45, 7) is 11.1. The second-order valence-corrected chi connectivity index (χ2v) is 4.21. The van der Waals surface area contributed by atoms with Crippen LogP contribution in [-0.2, 0) is 9.53 Å². The Kier molecular flexibility index (Phi) is 7.85. The van der Waals surface area contributed by atoms with Gasteiger partial charge in [-0.3, -0.25) is 4.79 Å². The summed E-state index contributed by atoms with van der Waals surface area (Å²) in [6.07, 6.45) is 0.904. The third kappa shape index (κ3) is 6.58. The zero-order valence-electron chi connectivity index (χ0n) is 10.6. The molecule has 0 bridgehead atoms. The summed E-state index contributed by atoms with van der Waals surface area (Å²) in [5.41, 5.74) is 6.74. The topological polar surface area (TPSA) is 64.3 Å². The lowest BCUT2D eigenvalue weighted by Gasteiger charge is -2.17. The van der Waals surface area contributed by atoms with Crippen LogP contribution in [0.5, 0.6) is 0 Å². The van der Waals surface area contributed by atoms with Gasteiger partial charge in [-0.05, 0) is 12.8 Å². The highest BCUT2D eigenvalue weighted by atomic mass is 16.5. The third-order valence-electron chi connectivity index (χ3n) is 2.45. The van der Waals surface area contributed by atoms with Gasteiger partial charge in [0.25, 0.3) is 0 Å². The first-order chi connectivity index (χ1) is 7.49. The second-order valence-electron chi connectivity index (χ2n) is 4.21. The predicted molar refractivity (Wildman–Crippen MR) is 66.1 cm³/mol. The van der Waals surface area contributed by atoms with Crippen LogP contribution >= 0.6 is 0 Å². The van der Waals surface area contributed by atoms with Gasteiger partial charge in [0.15, 0.2) is 0 Å². The van der Waals surface area contributed by atoms with E-state index in [2.05, 4.69) is 11.9 Å². The summed E-state index contributed by atoms with van der Waals surface area (Å²) in [4.78, 5) is 11.5. The van der Waals surface area contributed by atoms with Crippen LogP contribution < -0.4 is 11.1 Å². The van der Waals surface area contributed by atoms with E-state index in [1.165, 1.54) is 0 Å². The van der Waals surface area contributed by atoms with Crippen molar-refractivity contribution in [3.63, 3.8) is 0 Å². The average Bonchev–Trinajstić information content (AvgIpc) is 2.25. The Morgan fingerprint density at radius 1 is 1.56 bits per heavy atom. The fourth-order valence-electron chi connectivity index (χ4n) is 1.12. The number of nitrogens with one attached hydrogen (secondary N) is 1. The highest BCUT2D eigenvalue weighted by Gasteiger charge is 2.18. The van der Waals surface area contributed by atoms with Gasteiger partial charge < -0.3 is 15.8 Å². The number of rotatable bonds is 8. The first-order valence-corrected chi connectivity index (χ1v) is 5.74. The van der Waals surface area contributed by atoms with Crippen LogP contribution in [0.1, 0.15) is 27.2 Å². The minimum Gasteiger partial charge on any atom is -0.375 e. The fraction of sp³-hybridized carbons (Fsp3) is 0.750. The molecule has 1 amide bonds. The van der Waals surface area contributed by atoms with Crippen LogP contribution in [0.25, 0.3) is 0 Å². The number of nitrogens with two attached hydrogens (primary N) is 1. The molecule has 0 aliphatic carbocycles. The number of carbonyl (C=O) groups excluding carboxylic acids is 1. The van der Waals surface area contributed by atoms with E-state index in [1.807, 2.05) is 20.8 Å². The SMILES string of the molecule is C=C(C)COCCNC(=O)[C@@H](N)C(C)CC. The summed E-state index contributed by atoms with van der Waals surface area (Å²) in [7, 11) is 0. The number of ether oxygens (including phenoxy) is 1. The first kappa shape index (κ1) is 15.1. The monoisotopic (exact) mass is 228 g/mol. The Morgan fingerprint density at radius 2 is 2.19 bits per heavy atom. The zero-order valence-corrected chi connectivity index (χ0v) is 10.6. The molecule has 0 rings (SSSR count). The van der Waals surface area contributed by atoms with Crippen molar-refractivity contribution in [2.24, 2.45) is 11.7 Å². The Morgan fingerprint density at radius 3 is 2.69 bits per heavy atom. The van der Waals surface area contributed by atoms with Gasteiger partial charge in [-0.15, -0.1) is 0 Å². The standard InChI is InChI=1S/C12H24N2O2/c1-5-10(4)11(13)12(15)14-6-7-16-8-9(2)3/h10-11H,2,5-8,13H2,1,3-4H3,(H,14,15)/t10?,11-/m0/s1. The van der Waals surface area contributed by atoms with Crippen LogP contribution in [0, 0.1) is 5.92 Å². The van der Waals surface area contributed by atoms with E-state index in [0.29, 0.717) is 19.8 Å². The molecule has 0 fully saturated rings. The average molecular weight is 228 g/mol. The van der Waals surface area contributed by atoms with E-state index in [4.69, 9.17) is 10.5 Å². The molecule has 94 valence electrons.